The van der Waals surface area contributed by atoms with Gasteiger partial charge < -0.3 is 16.0 Å². The van der Waals surface area contributed by atoms with E-state index in [-0.39, 0.29) is 18.0 Å². The van der Waals surface area contributed by atoms with Crippen molar-refractivity contribution in [1.82, 2.24) is 5.32 Å². The highest BCUT2D eigenvalue weighted by Gasteiger charge is 2.23. The van der Waals surface area contributed by atoms with Crippen LogP contribution in [0.1, 0.15) is 36.0 Å². The van der Waals surface area contributed by atoms with Crippen molar-refractivity contribution in [3.8, 4) is 0 Å². The summed E-state index contributed by atoms with van der Waals surface area (Å²) in [5.41, 5.74) is 7.83. The largest absolute Gasteiger partial charge is 0.378 e. The van der Waals surface area contributed by atoms with Gasteiger partial charge in [0.15, 0.2) is 0 Å². The Bertz CT molecular complexity index is 428. The summed E-state index contributed by atoms with van der Waals surface area (Å²) < 4.78 is 0. The van der Waals surface area contributed by atoms with Crippen LogP contribution in [0, 0.1) is 0 Å². The van der Waals surface area contributed by atoms with Crippen LogP contribution in [-0.4, -0.2) is 32.1 Å². The van der Waals surface area contributed by atoms with E-state index in [9.17, 15) is 4.79 Å². The number of nitrogens with zero attached hydrogens (tertiary/aromatic N) is 1. The summed E-state index contributed by atoms with van der Waals surface area (Å²) >= 11 is 0. The van der Waals surface area contributed by atoms with E-state index in [0.29, 0.717) is 5.56 Å². The lowest BCUT2D eigenvalue weighted by molar-refractivity contribution is 0.0921. The van der Waals surface area contributed by atoms with Crippen molar-refractivity contribution in [2.75, 3.05) is 19.0 Å². The van der Waals surface area contributed by atoms with Gasteiger partial charge in [-0.2, -0.15) is 0 Å². The molecule has 0 spiro atoms. The fourth-order valence-electron chi connectivity index (χ4n) is 2.50. The molecular weight excluding hydrogens is 238 g/mol. The average Bonchev–Trinajstić information content (AvgIpc) is 2.41. The summed E-state index contributed by atoms with van der Waals surface area (Å²) in [5.74, 6) is -0.0207. The number of hydrogen-bond donors (Lipinski definition) is 2. The van der Waals surface area contributed by atoms with Crippen molar-refractivity contribution < 1.29 is 4.79 Å². The van der Waals surface area contributed by atoms with E-state index >= 15 is 0 Å². The van der Waals surface area contributed by atoms with E-state index in [0.717, 1.165) is 24.9 Å². The molecule has 3 N–H and O–H groups in total. The molecule has 0 bridgehead atoms. The number of nitrogens with two attached hydrogens (primary N) is 1. The first-order chi connectivity index (χ1) is 9.08. The van der Waals surface area contributed by atoms with E-state index in [1.807, 2.05) is 43.3 Å². The summed E-state index contributed by atoms with van der Waals surface area (Å²) in [5, 5.41) is 3.06. The van der Waals surface area contributed by atoms with Crippen LogP contribution in [0.5, 0.6) is 0 Å². The molecule has 0 saturated heterocycles. The zero-order chi connectivity index (χ0) is 13.8. The number of amides is 1. The Morgan fingerprint density at radius 2 is 1.84 bits per heavy atom. The Kier molecular flexibility index (Phi) is 4.43. The second-order valence-corrected chi connectivity index (χ2v) is 5.47. The van der Waals surface area contributed by atoms with Crippen LogP contribution in [0.2, 0.25) is 0 Å². The van der Waals surface area contributed by atoms with Gasteiger partial charge in [0.25, 0.3) is 5.91 Å². The van der Waals surface area contributed by atoms with E-state index in [1.54, 1.807) is 0 Å². The molecular formula is C15H23N3O. The van der Waals surface area contributed by atoms with Crippen LogP contribution >= 0.6 is 0 Å². The molecule has 0 aromatic heterocycles. The lowest BCUT2D eigenvalue weighted by atomic mass is 9.91. The highest BCUT2D eigenvalue weighted by molar-refractivity contribution is 5.94. The van der Waals surface area contributed by atoms with Crippen LogP contribution in [-0.2, 0) is 0 Å². The van der Waals surface area contributed by atoms with Crippen LogP contribution in [0.4, 0.5) is 5.69 Å². The van der Waals surface area contributed by atoms with Crippen molar-refractivity contribution >= 4 is 11.6 Å². The maximum Gasteiger partial charge on any atom is 0.251 e. The molecule has 19 heavy (non-hydrogen) atoms. The minimum Gasteiger partial charge on any atom is -0.378 e. The highest BCUT2D eigenvalue weighted by Crippen LogP contribution is 2.18. The van der Waals surface area contributed by atoms with Gasteiger partial charge in [0, 0.05) is 37.4 Å². The second-order valence-electron chi connectivity index (χ2n) is 5.47. The molecule has 1 aliphatic rings. The van der Waals surface area contributed by atoms with Gasteiger partial charge in [0.1, 0.15) is 0 Å². The first-order valence-electron chi connectivity index (χ1n) is 6.92. The maximum atomic E-state index is 12.2. The predicted octanol–water partition coefficient (Wildman–Crippen LogP) is 1.75. The summed E-state index contributed by atoms with van der Waals surface area (Å²) in [6.07, 6.45) is 4.32. The fourth-order valence-corrected chi connectivity index (χ4v) is 2.50. The van der Waals surface area contributed by atoms with Gasteiger partial charge in [0.05, 0.1) is 0 Å². The third-order valence-corrected chi connectivity index (χ3v) is 3.78. The molecule has 4 heteroatoms. The molecule has 1 amide bonds. The van der Waals surface area contributed by atoms with Crippen molar-refractivity contribution in [2.45, 2.75) is 37.8 Å². The molecule has 0 aliphatic heterocycles. The van der Waals surface area contributed by atoms with Crippen molar-refractivity contribution in [3.05, 3.63) is 29.8 Å². The number of carbonyl (C=O) groups is 1. The first kappa shape index (κ1) is 13.9. The quantitative estimate of drug-likeness (QED) is 0.871. The van der Waals surface area contributed by atoms with Gasteiger partial charge in [-0.25, -0.2) is 0 Å². The molecule has 1 aromatic rings. The van der Waals surface area contributed by atoms with Crippen LogP contribution in [0.25, 0.3) is 0 Å². The molecule has 4 nitrogen and oxygen atoms in total. The molecule has 1 saturated carbocycles. The zero-order valence-electron chi connectivity index (χ0n) is 11.7. The Morgan fingerprint density at radius 1 is 1.21 bits per heavy atom. The summed E-state index contributed by atoms with van der Waals surface area (Å²) in [7, 11) is 3.96. The van der Waals surface area contributed by atoms with Gasteiger partial charge in [-0.05, 0) is 37.1 Å². The van der Waals surface area contributed by atoms with Gasteiger partial charge in [-0.15, -0.1) is 0 Å². The van der Waals surface area contributed by atoms with Gasteiger partial charge in [-0.1, -0.05) is 12.8 Å². The maximum absolute atomic E-state index is 12.2. The number of nitrogens with one attached hydrogen (secondary N) is 1. The molecule has 1 fully saturated rings. The van der Waals surface area contributed by atoms with Gasteiger partial charge in [-0.3, -0.25) is 4.79 Å². The zero-order valence-corrected chi connectivity index (χ0v) is 11.7. The number of carbonyl (C=O) groups excluding carboxylic acids is 1. The molecule has 2 atom stereocenters. The number of rotatable bonds is 3. The van der Waals surface area contributed by atoms with Gasteiger partial charge >= 0.3 is 0 Å². The molecule has 0 radical (unpaired) electrons. The SMILES string of the molecule is CN(C)c1ccc(C(=O)N[C@@H]2CCCC[C@H]2N)cc1. The molecule has 1 aliphatic carbocycles. The Balaban J connectivity index is 1.99. The van der Waals surface area contributed by atoms with E-state index in [1.165, 1.54) is 6.42 Å². The molecule has 0 unspecified atom stereocenters. The number of anilines is 1. The first-order valence-corrected chi connectivity index (χ1v) is 6.92. The van der Waals surface area contributed by atoms with E-state index in [2.05, 4.69) is 5.32 Å². The Labute approximate surface area is 115 Å². The minimum absolute atomic E-state index is 0.0207. The fraction of sp³-hybridized carbons (Fsp3) is 0.533. The van der Waals surface area contributed by atoms with Crippen molar-refractivity contribution in [3.63, 3.8) is 0 Å². The van der Waals surface area contributed by atoms with Crippen LogP contribution < -0.4 is 16.0 Å². The third-order valence-electron chi connectivity index (χ3n) is 3.78. The number of benzene rings is 1. The second kappa shape index (κ2) is 6.06. The van der Waals surface area contributed by atoms with E-state index in [4.69, 9.17) is 5.73 Å². The van der Waals surface area contributed by atoms with Gasteiger partial charge in [0.2, 0.25) is 0 Å². The predicted molar refractivity (Wildman–Crippen MR) is 78.5 cm³/mol. The Morgan fingerprint density at radius 3 is 2.42 bits per heavy atom. The molecule has 2 rings (SSSR count). The van der Waals surface area contributed by atoms with Crippen molar-refractivity contribution in [2.24, 2.45) is 5.73 Å². The summed E-state index contributed by atoms with van der Waals surface area (Å²) in [4.78, 5) is 14.2. The van der Waals surface area contributed by atoms with E-state index < -0.39 is 0 Å². The standard InChI is InChI=1S/C15H23N3O/c1-18(2)12-9-7-11(8-10-12)15(19)17-14-6-4-3-5-13(14)16/h7-10,13-14H,3-6,16H2,1-2H3,(H,17,19)/t13-,14-/m1/s1. The number of hydrogen-bond acceptors (Lipinski definition) is 3. The minimum atomic E-state index is -0.0207. The van der Waals surface area contributed by atoms with Crippen LogP contribution in [0.15, 0.2) is 24.3 Å². The summed E-state index contributed by atoms with van der Waals surface area (Å²) in [6, 6.07) is 7.84. The Hall–Kier alpha value is -1.55. The molecule has 104 valence electrons. The molecule has 0 heterocycles. The third kappa shape index (κ3) is 3.47. The monoisotopic (exact) mass is 261 g/mol. The molecule has 1 aromatic carbocycles. The average molecular weight is 261 g/mol. The highest BCUT2D eigenvalue weighted by atomic mass is 16.1. The summed E-state index contributed by atoms with van der Waals surface area (Å²) in [6.45, 7) is 0. The normalized spacial score (nSPS) is 22.9. The smallest absolute Gasteiger partial charge is 0.251 e. The van der Waals surface area contributed by atoms with Crippen molar-refractivity contribution in [1.29, 1.82) is 0 Å². The lowest BCUT2D eigenvalue weighted by Gasteiger charge is -2.29. The lowest BCUT2D eigenvalue weighted by Crippen LogP contribution is -2.49. The topological polar surface area (TPSA) is 58.4 Å². The van der Waals surface area contributed by atoms with Crippen LogP contribution in [0.3, 0.4) is 0 Å².